The zero-order valence-electron chi connectivity index (χ0n) is 10.6. The number of phenolic OH excluding ortho intramolecular Hbond substituents is 1. The van der Waals surface area contributed by atoms with Gasteiger partial charge in [-0.1, -0.05) is 18.6 Å². The second-order valence-corrected chi connectivity index (χ2v) is 4.99. The summed E-state index contributed by atoms with van der Waals surface area (Å²) in [6.07, 6.45) is 2.97. The van der Waals surface area contributed by atoms with Crippen LogP contribution >= 0.6 is 0 Å². The quantitative estimate of drug-likeness (QED) is 0.716. The van der Waals surface area contributed by atoms with Crippen molar-refractivity contribution in [1.29, 1.82) is 0 Å². The normalized spacial score (nSPS) is 23.0. The molecule has 0 bridgehead atoms. The van der Waals surface area contributed by atoms with E-state index in [2.05, 4.69) is 5.32 Å². The molecule has 0 aliphatic heterocycles. The molecule has 1 aromatic carbocycles. The Kier molecular flexibility index (Phi) is 3.87. The molecule has 2 unspecified atom stereocenters. The maximum atomic E-state index is 12.2. The van der Waals surface area contributed by atoms with Crippen LogP contribution in [0.4, 0.5) is 5.69 Å². The van der Waals surface area contributed by atoms with E-state index in [0.29, 0.717) is 12.2 Å². The number of anilines is 1. The molecule has 4 nitrogen and oxygen atoms in total. The zero-order chi connectivity index (χ0) is 13.1. The fourth-order valence-corrected chi connectivity index (χ4v) is 2.65. The average Bonchev–Trinajstić information content (AvgIpc) is 2.83. The summed E-state index contributed by atoms with van der Waals surface area (Å²) in [5.74, 6) is 0.379. The standard InChI is InChI=1S/C14H20N2O2/c1-9-4-2-7-12(13(9)17)16-14(18)11-6-3-5-10(11)8-15/h2,4,7,10-11,17H,3,5-6,8,15H2,1H3,(H,16,18). The Bertz CT molecular complexity index is 445. The van der Waals surface area contributed by atoms with E-state index in [4.69, 9.17) is 5.73 Å². The van der Waals surface area contributed by atoms with Crippen molar-refractivity contribution in [2.24, 2.45) is 17.6 Å². The predicted molar refractivity (Wildman–Crippen MR) is 71.4 cm³/mol. The van der Waals surface area contributed by atoms with Gasteiger partial charge in [-0.3, -0.25) is 4.79 Å². The number of carbonyl (C=O) groups is 1. The third-order valence-corrected chi connectivity index (χ3v) is 3.79. The zero-order valence-corrected chi connectivity index (χ0v) is 10.6. The number of aromatic hydroxyl groups is 1. The highest BCUT2D eigenvalue weighted by molar-refractivity contribution is 5.94. The number of nitrogens with one attached hydrogen (secondary N) is 1. The number of phenols is 1. The fourth-order valence-electron chi connectivity index (χ4n) is 2.65. The smallest absolute Gasteiger partial charge is 0.227 e. The summed E-state index contributed by atoms with van der Waals surface area (Å²) >= 11 is 0. The van der Waals surface area contributed by atoms with E-state index < -0.39 is 0 Å². The Balaban J connectivity index is 2.09. The van der Waals surface area contributed by atoms with E-state index >= 15 is 0 Å². The van der Waals surface area contributed by atoms with E-state index in [0.717, 1.165) is 24.8 Å². The summed E-state index contributed by atoms with van der Waals surface area (Å²) in [6, 6.07) is 5.34. The second kappa shape index (κ2) is 5.40. The molecule has 1 aliphatic carbocycles. The van der Waals surface area contributed by atoms with Crippen molar-refractivity contribution in [3.8, 4) is 5.75 Å². The molecule has 0 heterocycles. The third kappa shape index (κ3) is 2.48. The maximum absolute atomic E-state index is 12.2. The largest absolute Gasteiger partial charge is 0.505 e. The summed E-state index contributed by atoms with van der Waals surface area (Å²) in [7, 11) is 0. The van der Waals surface area contributed by atoms with Crippen molar-refractivity contribution in [3.63, 3.8) is 0 Å². The van der Waals surface area contributed by atoms with Crippen LogP contribution in [0.25, 0.3) is 0 Å². The van der Waals surface area contributed by atoms with Crippen LogP contribution in [0.1, 0.15) is 24.8 Å². The summed E-state index contributed by atoms with van der Waals surface area (Å²) in [5, 5.41) is 12.7. The van der Waals surface area contributed by atoms with Crippen LogP contribution in [0.2, 0.25) is 0 Å². The maximum Gasteiger partial charge on any atom is 0.227 e. The summed E-state index contributed by atoms with van der Waals surface area (Å²) in [6.45, 7) is 2.36. The molecular formula is C14H20N2O2. The van der Waals surface area contributed by atoms with Crippen LogP contribution in [0, 0.1) is 18.8 Å². The van der Waals surface area contributed by atoms with Crippen LogP contribution in [-0.4, -0.2) is 17.6 Å². The number of aryl methyl sites for hydroxylation is 1. The lowest BCUT2D eigenvalue weighted by molar-refractivity contribution is -0.120. The number of nitrogens with two attached hydrogens (primary N) is 1. The number of para-hydroxylation sites is 1. The topological polar surface area (TPSA) is 75.4 Å². The van der Waals surface area contributed by atoms with Crippen LogP contribution in [0.3, 0.4) is 0 Å². The second-order valence-electron chi connectivity index (χ2n) is 4.99. The third-order valence-electron chi connectivity index (χ3n) is 3.79. The first kappa shape index (κ1) is 12.9. The fraction of sp³-hybridized carbons (Fsp3) is 0.500. The molecule has 0 saturated heterocycles. The number of hydrogen-bond acceptors (Lipinski definition) is 3. The summed E-state index contributed by atoms with van der Waals surface area (Å²) in [4.78, 5) is 12.2. The van der Waals surface area contributed by atoms with Crippen LogP contribution in [0.15, 0.2) is 18.2 Å². The predicted octanol–water partition coefficient (Wildman–Crippen LogP) is 2.01. The van der Waals surface area contributed by atoms with Gasteiger partial charge in [0.1, 0.15) is 5.75 Å². The Morgan fingerprint density at radius 2 is 2.28 bits per heavy atom. The minimum absolute atomic E-state index is 0.0186. The molecule has 98 valence electrons. The monoisotopic (exact) mass is 248 g/mol. The number of rotatable bonds is 3. The van der Waals surface area contributed by atoms with Crippen molar-refractivity contribution in [2.75, 3.05) is 11.9 Å². The molecule has 0 aromatic heterocycles. The van der Waals surface area contributed by atoms with Crippen molar-refractivity contribution >= 4 is 11.6 Å². The number of carbonyl (C=O) groups excluding carboxylic acids is 1. The van der Waals surface area contributed by atoms with Gasteiger partial charge in [-0.15, -0.1) is 0 Å². The summed E-state index contributed by atoms with van der Waals surface area (Å²) in [5.41, 5.74) is 6.93. The highest BCUT2D eigenvalue weighted by Gasteiger charge is 2.32. The van der Waals surface area contributed by atoms with Gasteiger partial charge >= 0.3 is 0 Å². The van der Waals surface area contributed by atoms with E-state index in [-0.39, 0.29) is 23.5 Å². The van der Waals surface area contributed by atoms with E-state index in [1.165, 1.54) is 0 Å². The van der Waals surface area contributed by atoms with Gasteiger partial charge in [-0.25, -0.2) is 0 Å². The van der Waals surface area contributed by atoms with Gasteiger partial charge in [0.25, 0.3) is 0 Å². The van der Waals surface area contributed by atoms with Gasteiger partial charge in [0.2, 0.25) is 5.91 Å². The van der Waals surface area contributed by atoms with Gasteiger partial charge in [0.05, 0.1) is 5.69 Å². The average molecular weight is 248 g/mol. The number of hydrogen-bond donors (Lipinski definition) is 3. The van der Waals surface area contributed by atoms with Crippen molar-refractivity contribution < 1.29 is 9.90 Å². The molecule has 2 rings (SSSR count). The first-order valence-electron chi connectivity index (χ1n) is 6.43. The molecule has 1 amide bonds. The first-order chi connectivity index (χ1) is 8.63. The molecular weight excluding hydrogens is 228 g/mol. The van der Waals surface area contributed by atoms with Crippen LogP contribution in [0.5, 0.6) is 5.75 Å². The summed E-state index contributed by atoms with van der Waals surface area (Å²) < 4.78 is 0. The molecule has 18 heavy (non-hydrogen) atoms. The number of amides is 1. The number of benzene rings is 1. The van der Waals surface area contributed by atoms with Gasteiger partial charge in [0, 0.05) is 5.92 Å². The highest BCUT2D eigenvalue weighted by Crippen LogP contribution is 2.33. The molecule has 1 aromatic rings. The minimum Gasteiger partial charge on any atom is -0.505 e. The molecule has 1 fully saturated rings. The van der Waals surface area contributed by atoms with Crippen LogP contribution in [-0.2, 0) is 4.79 Å². The Hall–Kier alpha value is -1.55. The molecule has 2 atom stereocenters. The van der Waals surface area contributed by atoms with Gasteiger partial charge in [0.15, 0.2) is 0 Å². The lowest BCUT2D eigenvalue weighted by Crippen LogP contribution is -2.29. The molecule has 0 radical (unpaired) electrons. The van der Waals surface area contributed by atoms with Crippen molar-refractivity contribution in [3.05, 3.63) is 23.8 Å². The highest BCUT2D eigenvalue weighted by atomic mass is 16.3. The Labute approximate surface area is 107 Å². The Morgan fingerprint density at radius 3 is 3.00 bits per heavy atom. The van der Waals surface area contributed by atoms with E-state index in [1.54, 1.807) is 6.07 Å². The molecule has 1 saturated carbocycles. The van der Waals surface area contributed by atoms with Crippen molar-refractivity contribution in [2.45, 2.75) is 26.2 Å². The minimum atomic E-state index is -0.0242. The molecule has 0 spiro atoms. The first-order valence-corrected chi connectivity index (χ1v) is 6.43. The van der Waals surface area contributed by atoms with Gasteiger partial charge < -0.3 is 16.2 Å². The molecule has 4 N–H and O–H groups in total. The lowest BCUT2D eigenvalue weighted by Gasteiger charge is -2.18. The van der Waals surface area contributed by atoms with E-state index in [9.17, 15) is 9.90 Å². The molecule has 1 aliphatic rings. The van der Waals surface area contributed by atoms with Gasteiger partial charge in [-0.2, -0.15) is 0 Å². The molecule has 4 heteroatoms. The Morgan fingerprint density at radius 1 is 1.50 bits per heavy atom. The van der Waals surface area contributed by atoms with Gasteiger partial charge in [-0.05, 0) is 43.9 Å². The van der Waals surface area contributed by atoms with Crippen LogP contribution < -0.4 is 11.1 Å². The lowest BCUT2D eigenvalue weighted by atomic mass is 9.95. The van der Waals surface area contributed by atoms with Crippen molar-refractivity contribution in [1.82, 2.24) is 0 Å². The van der Waals surface area contributed by atoms with E-state index in [1.807, 2.05) is 19.1 Å². The SMILES string of the molecule is Cc1cccc(NC(=O)C2CCCC2CN)c1O.